The molecule has 0 aromatic carbocycles. The maximum Gasteiger partial charge on any atom is 0.122 e. The molecule has 0 bridgehead atoms. The molecule has 0 atom stereocenters. The Morgan fingerprint density at radius 3 is 2.12 bits per heavy atom. The fourth-order valence-corrected chi connectivity index (χ4v) is 0.161. The van der Waals surface area contributed by atoms with Gasteiger partial charge in [-0.3, -0.25) is 0 Å². The molecule has 0 aromatic heterocycles. The third-order valence-electron chi connectivity index (χ3n) is 0.291. The smallest absolute Gasteiger partial charge is 0.122 e. The molecule has 0 radical (unpaired) electrons. The van der Waals surface area contributed by atoms with Gasteiger partial charge in [0.05, 0.1) is 0 Å². The Labute approximate surface area is 52.7 Å². The predicted molar refractivity (Wildman–Crippen MR) is 31.1 cm³/mol. The average molecular weight is 125 g/mol. The summed E-state index contributed by atoms with van der Waals surface area (Å²) in [6.07, 6.45) is 1.59. The SMILES string of the molecule is OC#CC#CC#CCl. The summed E-state index contributed by atoms with van der Waals surface area (Å²) in [6.45, 7) is 0. The Hall–Kier alpha value is -1.23. The maximum absolute atomic E-state index is 7.82. The molecule has 0 amide bonds. The first-order valence-corrected chi connectivity index (χ1v) is 2.04. The van der Waals surface area contributed by atoms with Gasteiger partial charge in [-0.25, -0.2) is 0 Å². The van der Waals surface area contributed by atoms with Crippen molar-refractivity contribution in [3.05, 3.63) is 0 Å². The molecule has 0 rings (SSSR count). The summed E-state index contributed by atoms with van der Waals surface area (Å²) in [5.74, 6) is 8.77. The summed E-state index contributed by atoms with van der Waals surface area (Å²) in [4.78, 5) is 0. The predicted octanol–water partition coefficient (Wildman–Crippen LogP) is 0.523. The summed E-state index contributed by atoms with van der Waals surface area (Å²) in [5, 5.41) is 9.85. The number of hydrogen-bond acceptors (Lipinski definition) is 1. The lowest BCUT2D eigenvalue weighted by atomic mass is 10.6. The van der Waals surface area contributed by atoms with Crippen LogP contribution >= 0.6 is 11.6 Å². The maximum atomic E-state index is 7.82. The minimum absolute atomic E-state index is 1.59. The van der Waals surface area contributed by atoms with Crippen LogP contribution in [0.15, 0.2) is 0 Å². The van der Waals surface area contributed by atoms with Crippen LogP contribution in [-0.4, -0.2) is 5.11 Å². The van der Waals surface area contributed by atoms with E-state index in [0.29, 0.717) is 0 Å². The first-order valence-electron chi connectivity index (χ1n) is 1.66. The molecule has 0 aromatic rings. The Morgan fingerprint density at radius 1 is 1.00 bits per heavy atom. The van der Waals surface area contributed by atoms with E-state index in [4.69, 9.17) is 16.7 Å². The summed E-state index contributed by atoms with van der Waals surface area (Å²) >= 11 is 4.91. The highest BCUT2D eigenvalue weighted by Gasteiger charge is 1.50. The molecule has 0 aliphatic rings. The van der Waals surface area contributed by atoms with Gasteiger partial charge in [0.25, 0.3) is 0 Å². The summed E-state index contributed by atoms with van der Waals surface area (Å²) in [6, 6.07) is 0. The van der Waals surface area contributed by atoms with Gasteiger partial charge in [-0.2, -0.15) is 0 Å². The molecule has 0 saturated heterocycles. The van der Waals surface area contributed by atoms with Crippen LogP contribution in [0.5, 0.6) is 0 Å². The van der Waals surface area contributed by atoms with Crippen molar-refractivity contribution in [2.45, 2.75) is 0 Å². The highest BCUT2D eigenvalue weighted by atomic mass is 35.5. The van der Waals surface area contributed by atoms with E-state index in [1.165, 1.54) is 0 Å². The van der Waals surface area contributed by atoms with Crippen LogP contribution in [0.2, 0.25) is 0 Å². The summed E-state index contributed by atoms with van der Waals surface area (Å²) in [7, 11) is 0. The zero-order chi connectivity index (χ0) is 6.24. The van der Waals surface area contributed by atoms with Gasteiger partial charge in [-0.05, 0) is 11.6 Å². The molecule has 1 nitrogen and oxygen atoms in total. The molecule has 0 aliphatic carbocycles. The van der Waals surface area contributed by atoms with Gasteiger partial charge >= 0.3 is 0 Å². The van der Waals surface area contributed by atoms with Gasteiger partial charge in [-0.1, -0.05) is 0 Å². The Kier molecular flexibility index (Phi) is 4.88. The van der Waals surface area contributed by atoms with Gasteiger partial charge in [0.15, 0.2) is 0 Å². The lowest BCUT2D eigenvalue weighted by Crippen LogP contribution is -1.50. The number of aliphatic hydroxyl groups is 1. The fraction of sp³-hybridized carbons (Fsp3) is 0. The van der Waals surface area contributed by atoms with E-state index in [9.17, 15) is 0 Å². The number of rotatable bonds is 0. The molecule has 0 spiro atoms. The van der Waals surface area contributed by atoms with Crippen molar-refractivity contribution in [1.82, 2.24) is 0 Å². The Bertz CT molecular complexity index is 198. The lowest BCUT2D eigenvalue weighted by molar-refractivity contribution is 0.517. The van der Waals surface area contributed by atoms with Gasteiger partial charge in [0, 0.05) is 29.1 Å². The van der Waals surface area contributed by atoms with Crippen LogP contribution in [-0.2, 0) is 0 Å². The van der Waals surface area contributed by atoms with E-state index in [2.05, 4.69) is 23.7 Å². The van der Waals surface area contributed by atoms with Crippen LogP contribution < -0.4 is 0 Å². The highest BCUT2D eigenvalue weighted by molar-refractivity contribution is 6.30. The van der Waals surface area contributed by atoms with Gasteiger partial charge in [0.1, 0.15) is 6.11 Å². The van der Waals surface area contributed by atoms with Crippen LogP contribution in [0.3, 0.4) is 0 Å². The fourth-order valence-electron chi connectivity index (χ4n) is 0.114. The minimum atomic E-state index is 1.59. The van der Waals surface area contributed by atoms with Crippen LogP contribution in [0.1, 0.15) is 0 Å². The number of halogens is 1. The largest absolute Gasteiger partial charge is 0.461 e. The number of aliphatic hydroxyl groups excluding tert-OH is 1. The zero-order valence-electron chi connectivity index (χ0n) is 3.83. The van der Waals surface area contributed by atoms with E-state index in [1.807, 2.05) is 5.38 Å². The Morgan fingerprint density at radius 2 is 1.62 bits per heavy atom. The topological polar surface area (TPSA) is 20.2 Å². The van der Waals surface area contributed by atoms with Crippen molar-refractivity contribution in [2.24, 2.45) is 0 Å². The van der Waals surface area contributed by atoms with Gasteiger partial charge < -0.3 is 5.11 Å². The van der Waals surface area contributed by atoms with Crippen molar-refractivity contribution >= 4 is 11.6 Å². The molecule has 1 N–H and O–H groups in total. The molecule has 0 aliphatic heterocycles. The number of hydrogen-bond donors (Lipinski definition) is 1. The van der Waals surface area contributed by atoms with Crippen molar-refractivity contribution < 1.29 is 5.11 Å². The Balaban J connectivity index is 3.75. The first kappa shape index (κ1) is 6.77. The summed E-state index contributed by atoms with van der Waals surface area (Å²) in [5.41, 5.74) is 0. The van der Waals surface area contributed by atoms with E-state index >= 15 is 0 Å². The molecule has 38 valence electrons. The normalized spacial score (nSPS) is 3.62. The van der Waals surface area contributed by atoms with E-state index in [0.717, 1.165) is 0 Å². The van der Waals surface area contributed by atoms with Crippen LogP contribution in [0, 0.1) is 35.2 Å². The molecule has 2 heteroatoms. The first-order chi connectivity index (χ1) is 3.91. The summed E-state index contributed by atoms with van der Waals surface area (Å²) < 4.78 is 0. The molecular weight excluding hydrogens is 124 g/mol. The van der Waals surface area contributed by atoms with Crippen LogP contribution in [0.25, 0.3) is 0 Å². The molecule has 8 heavy (non-hydrogen) atoms. The van der Waals surface area contributed by atoms with Crippen molar-refractivity contribution in [2.75, 3.05) is 0 Å². The molecule has 0 saturated carbocycles. The van der Waals surface area contributed by atoms with E-state index < -0.39 is 0 Å². The standard InChI is InChI=1S/C6HClO/c7-5-3-1-2-4-6-8/h8H. The molecule has 0 unspecified atom stereocenters. The third kappa shape index (κ3) is 4.77. The highest BCUT2D eigenvalue weighted by Crippen LogP contribution is 1.59. The van der Waals surface area contributed by atoms with Crippen LogP contribution in [0.4, 0.5) is 0 Å². The van der Waals surface area contributed by atoms with E-state index in [1.54, 1.807) is 6.11 Å². The minimum Gasteiger partial charge on any atom is -0.461 e. The van der Waals surface area contributed by atoms with Crippen molar-refractivity contribution in [1.29, 1.82) is 0 Å². The monoisotopic (exact) mass is 124 g/mol. The molecule has 0 fully saturated rings. The van der Waals surface area contributed by atoms with Gasteiger partial charge in [0.2, 0.25) is 0 Å². The zero-order valence-corrected chi connectivity index (χ0v) is 4.58. The average Bonchev–Trinajstić information content (AvgIpc) is 1.81. The lowest BCUT2D eigenvalue weighted by Gasteiger charge is -1.51. The molecular formula is C6HClO. The quantitative estimate of drug-likeness (QED) is 0.467. The van der Waals surface area contributed by atoms with Crippen molar-refractivity contribution in [3.8, 4) is 35.2 Å². The van der Waals surface area contributed by atoms with E-state index in [-0.39, 0.29) is 0 Å². The van der Waals surface area contributed by atoms with Crippen molar-refractivity contribution in [3.63, 3.8) is 0 Å². The van der Waals surface area contributed by atoms with Gasteiger partial charge in [-0.15, -0.1) is 0 Å². The second-order valence-electron chi connectivity index (χ2n) is 0.706. The second kappa shape index (κ2) is 5.77. The third-order valence-corrected chi connectivity index (χ3v) is 0.385. The molecule has 0 heterocycles. The second-order valence-corrected chi connectivity index (χ2v) is 0.895.